The summed E-state index contributed by atoms with van der Waals surface area (Å²) in [5.41, 5.74) is 8.21. The highest BCUT2D eigenvalue weighted by atomic mass is 35.5. The SMILES string of the molecule is NCCCC[C@@]1(C(=O)O)CN(Cc2ncccc2-c2ccc(Cl)cc2)CCP1(=O)O. The lowest BCUT2D eigenvalue weighted by Gasteiger charge is -2.43. The van der Waals surface area contributed by atoms with Crippen molar-refractivity contribution in [3.63, 3.8) is 0 Å². The van der Waals surface area contributed by atoms with Gasteiger partial charge in [-0.2, -0.15) is 0 Å². The van der Waals surface area contributed by atoms with Crippen LogP contribution in [0.25, 0.3) is 11.1 Å². The van der Waals surface area contributed by atoms with Gasteiger partial charge >= 0.3 is 5.97 Å². The van der Waals surface area contributed by atoms with Crippen molar-refractivity contribution in [2.75, 3.05) is 25.8 Å². The number of aromatic nitrogens is 1. The molecule has 2 aromatic rings. The molecule has 7 nitrogen and oxygen atoms in total. The Bertz CT molecular complexity index is 940. The Balaban J connectivity index is 1.87. The van der Waals surface area contributed by atoms with Crippen LogP contribution >= 0.6 is 19.0 Å². The zero-order valence-electron chi connectivity index (χ0n) is 16.7. The van der Waals surface area contributed by atoms with Crippen molar-refractivity contribution < 1.29 is 19.4 Å². The number of halogens is 1. The van der Waals surface area contributed by atoms with Crippen LogP contribution in [0.5, 0.6) is 0 Å². The van der Waals surface area contributed by atoms with Crippen molar-refractivity contribution in [1.29, 1.82) is 0 Å². The second kappa shape index (κ2) is 9.58. The van der Waals surface area contributed by atoms with Crippen molar-refractivity contribution in [2.45, 2.75) is 31.0 Å². The first-order chi connectivity index (χ1) is 14.3. The molecular weight excluding hydrogens is 425 g/mol. The molecule has 1 unspecified atom stereocenters. The maximum atomic E-state index is 12.9. The third-order valence-corrected chi connectivity index (χ3v) is 8.69. The molecule has 0 bridgehead atoms. The molecule has 1 aromatic carbocycles. The average Bonchev–Trinajstić information content (AvgIpc) is 2.71. The second-order valence-corrected chi connectivity index (χ2v) is 10.9. The number of unbranched alkanes of at least 4 members (excludes halogenated alkanes) is 1. The number of pyridine rings is 1. The van der Waals surface area contributed by atoms with Crippen LogP contribution in [-0.4, -0.2) is 56.8 Å². The van der Waals surface area contributed by atoms with Crippen molar-refractivity contribution >= 4 is 24.9 Å². The summed E-state index contributed by atoms with van der Waals surface area (Å²) in [6.45, 7) is 1.17. The number of hydrogen-bond donors (Lipinski definition) is 3. The molecule has 1 aliphatic rings. The topological polar surface area (TPSA) is 117 Å². The van der Waals surface area contributed by atoms with Crippen LogP contribution in [0.15, 0.2) is 42.6 Å². The molecule has 9 heteroatoms. The molecule has 0 radical (unpaired) electrons. The summed E-state index contributed by atoms with van der Waals surface area (Å²) in [7, 11) is -3.86. The molecule has 1 aliphatic heterocycles. The summed E-state index contributed by atoms with van der Waals surface area (Å²) in [4.78, 5) is 29.2. The van der Waals surface area contributed by atoms with E-state index in [4.69, 9.17) is 17.3 Å². The standard InChI is InChI=1S/C21H27ClN3O4P/c22-17-7-5-16(6-8-17)18-4-3-11-24-19(18)14-25-12-13-30(28,29)21(15-25,20(26)27)9-1-2-10-23/h3-8,11H,1-2,9-10,12-15,23H2,(H,26,27)(H,28,29)/t21-/m0/s1. The molecule has 1 aromatic heterocycles. The number of carboxylic acid groups (broad SMARTS) is 1. The van der Waals surface area contributed by atoms with E-state index in [0.29, 0.717) is 37.5 Å². The molecule has 0 saturated carbocycles. The Labute approximate surface area is 181 Å². The van der Waals surface area contributed by atoms with Gasteiger partial charge in [0, 0.05) is 42.6 Å². The minimum absolute atomic E-state index is 0.0112. The van der Waals surface area contributed by atoms with Gasteiger partial charge in [0.1, 0.15) is 0 Å². The van der Waals surface area contributed by atoms with Gasteiger partial charge in [-0.3, -0.25) is 19.2 Å². The Morgan fingerprint density at radius 1 is 1.27 bits per heavy atom. The number of aliphatic carboxylic acids is 1. The van der Waals surface area contributed by atoms with Gasteiger partial charge in [-0.05, 0) is 43.1 Å². The van der Waals surface area contributed by atoms with Crippen LogP contribution in [0.2, 0.25) is 5.02 Å². The van der Waals surface area contributed by atoms with E-state index in [0.717, 1.165) is 16.8 Å². The van der Waals surface area contributed by atoms with E-state index in [-0.39, 0.29) is 19.1 Å². The van der Waals surface area contributed by atoms with Crippen molar-refractivity contribution in [3.8, 4) is 11.1 Å². The lowest BCUT2D eigenvalue weighted by molar-refractivity contribution is -0.141. The predicted molar refractivity (Wildman–Crippen MR) is 118 cm³/mol. The smallest absolute Gasteiger partial charge is 0.320 e. The minimum atomic E-state index is -3.86. The summed E-state index contributed by atoms with van der Waals surface area (Å²) >= 11 is 6.00. The largest absolute Gasteiger partial charge is 0.480 e. The van der Waals surface area contributed by atoms with E-state index in [1.54, 1.807) is 6.20 Å². The Morgan fingerprint density at radius 2 is 2.00 bits per heavy atom. The molecule has 30 heavy (non-hydrogen) atoms. The maximum absolute atomic E-state index is 12.9. The van der Waals surface area contributed by atoms with Crippen molar-refractivity contribution in [2.24, 2.45) is 5.73 Å². The van der Waals surface area contributed by atoms with Crippen LogP contribution in [0.4, 0.5) is 0 Å². The summed E-state index contributed by atoms with van der Waals surface area (Å²) in [5.74, 6) is -1.21. The second-order valence-electron chi connectivity index (χ2n) is 7.72. The van der Waals surface area contributed by atoms with Crippen LogP contribution in [-0.2, 0) is 15.9 Å². The van der Waals surface area contributed by atoms with E-state index in [2.05, 4.69) is 4.98 Å². The molecule has 162 valence electrons. The number of benzene rings is 1. The lowest BCUT2D eigenvalue weighted by atomic mass is 9.98. The Morgan fingerprint density at radius 3 is 2.67 bits per heavy atom. The minimum Gasteiger partial charge on any atom is -0.480 e. The predicted octanol–water partition coefficient (Wildman–Crippen LogP) is 3.44. The normalized spacial score (nSPS) is 24.6. The molecule has 2 heterocycles. The van der Waals surface area contributed by atoms with Crippen LogP contribution in [0.1, 0.15) is 25.0 Å². The molecule has 0 aliphatic carbocycles. The third-order valence-electron chi connectivity index (χ3n) is 5.73. The lowest BCUT2D eigenvalue weighted by Crippen LogP contribution is -2.54. The zero-order chi connectivity index (χ0) is 21.8. The number of carboxylic acids is 1. The summed E-state index contributed by atoms with van der Waals surface area (Å²) in [6, 6.07) is 11.2. The first kappa shape index (κ1) is 22.9. The molecule has 1 fully saturated rings. The number of nitrogens with two attached hydrogens (primary N) is 1. The number of hydrogen-bond acceptors (Lipinski definition) is 5. The van der Waals surface area contributed by atoms with Gasteiger partial charge in [0.05, 0.1) is 5.69 Å². The van der Waals surface area contributed by atoms with Crippen LogP contribution < -0.4 is 5.73 Å². The van der Waals surface area contributed by atoms with Crippen LogP contribution in [0.3, 0.4) is 0 Å². The van der Waals surface area contributed by atoms with Crippen molar-refractivity contribution in [3.05, 3.63) is 53.3 Å². The summed E-state index contributed by atoms with van der Waals surface area (Å²) in [5, 5.41) is 8.92. The fourth-order valence-corrected chi connectivity index (χ4v) is 6.33. The van der Waals surface area contributed by atoms with E-state index >= 15 is 0 Å². The Kier molecular flexibility index (Phi) is 7.32. The summed E-state index contributed by atoms with van der Waals surface area (Å²) in [6.07, 6.45) is 2.90. The monoisotopic (exact) mass is 451 g/mol. The first-order valence-electron chi connectivity index (χ1n) is 9.97. The first-order valence-corrected chi connectivity index (χ1v) is 12.2. The van der Waals surface area contributed by atoms with E-state index < -0.39 is 18.5 Å². The molecule has 3 rings (SSSR count). The fraction of sp³-hybridized carbons (Fsp3) is 0.429. The van der Waals surface area contributed by atoms with Gasteiger partial charge in [-0.1, -0.05) is 36.2 Å². The van der Waals surface area contributed by atoms with E-state index in [1.807, 2.05) is 41.3 Å². The van der Waals surface area contributed by atoms with Gasteiger partial charge in [0.2, 0.25) is 7.37 Å². The molecule has 0 spiro atoms. The van der Waals surface area contributed by atoms with E-state index in [9.17, 15) is 19.4 Å². The van der Waals surface area contributed by atoms with Gasteiger partial charge in [-0.15, -0.1) is 0 Å². The fourth-order valence-electron chi connectivity index (χ4n) is 3.99. The quantitative estimate of drug-likeness (QED) is 0.415. The van der Waals surface area contributed by atoms with Gasteiger partial charge in [-0.25, -0.2) is 0 Å². The van der Waals surface area contributed by atoms with Crippen molar-refractivity contribution in [1.82, 2.24) is 9.88 Å². The maximum Gasteiger partial charge on any atom is 0.320 e. The van der Waals surface area contributed by atoms with Crippen LogP contribution in [0, 0.1) is 0 Å². The molecule has 2 atom stereocenters. The molecule has 0 amide bonds. The van der Waals surface area contributed by atoms with Gasteiger partial charge < -0.3 is 15.7 Å². The molecular formula is C21H27ClN3O4P. The Hall–Kier alpha value is -1.76. The highest BCUT2D eigenvalue weighted by molar-refractivity contribution is 7.61. The zero-order valence-corrected chi connectivity index (χ0v) is 18.4. The number of nitrogens with zero attached hydrogens (tertiary/aromatic N) is 2. The summed E-state index contributed by atoms with van der Waals surface area (Å²) < 4.78 is 12.9. The van der Waals surface area contributed by atoms with E-state index in [1.165, 1.54) is 0 Å². The average molecular weight is 452 g/mol. The number of rotatable bonds is 8. The number of carbonyl (C=O) groups is 1. The third kappa shape index (κ3) is 4.76. The molecule has 4 N–H and O–H groups in total. The highest BCUT2D eigenvalue weighted by Crippen LogP contribution is 2.59. The highest BCUT2D eigenvalue weighted by Gasteiger charge is 2.56. The van der Waals surface area contributed by atoms with Gasteiger partial charge in [0.15, 0.2) is 5.16 Å². The van der Waals surface area contributed by atoms with Gasteiger partial charge in [0.25, 0.3) is 0 Å². The molecule has 1 saturated heterocycles.